The van der Waals surface area contributed by atoms with E-state index in [0.717, 1.165) is 42.0 Å². The molecule has 0 bridgehead atoms. The maximum atomic E-state index is 12.7. The monoisotopic (exact) mass is 309 g/mol. The predicted octanol–water partition coefficient (Wildman–Crippen LogP) is 3.00. The molecule has 1 amide bonds. The average Bonchev–Trinajstić information content (AvgIpc) is 2.74. The van der Waals surface area contributed by atoms with E-state index in [-0.39, 0.29) is 11.9 Å². The van der Waals surface area contributed by atoms with Gasteiger partial charge < -0.3 is 14.4 Å². The smallest absolute Gasteiger partial charge is 0.254 e. The molecule has 1 atom stereocenters. The molecule has 4 rings (SSSR count). The molecule has 2 aliphatic heterocycles. The van der Waals surface area contributed by atoms with E-state index in [1.165, 1.54) is 11.1 Å². The van der Waals surface area contributed by atoms with E-state index in [0.29, 0.717) is 0 Å². The first-order valence-corrected chi connectivity index (χ1v) is 7.86. The molecular formula is C19H19NO3. The van der Waals surface area contributed by atoms with Crippen molar-refractivity contribution in [1.29, 1.82) is 0 Å². The zero-order chi connectivity index (χ0) is 16.0. The molecule has 4 heteroatoms. The molecule has 0 spiro atoms. The molecule has 2 aromatic carbocycles. The van der Waals surface area contributed by atoms with Gasteiger partial charge in [-0.15, -0.1) is 0 Å². The summed E-state index contributed by atoms with van der Waals surface area (Å²) in [7, 11) is 3.31. The highest BCUT2D eigenvalue weighted by atomic mass is 16.5. The molecule has 0 aromatic heterocycles. The second-order valence-corrected chi connectivity index (χ2v) is 6.03. The van der Waals surface area contributed by atoms with E-state index in [2.05, 4.69) is 12.1 Å². The zero-order valence-electron chi connectivity index (χ0n) is 13.3. The lowest BCUT2D eigenvalue weighted by Crippen LogP contribution is -2.29. The second kappa shape index (κ2) is 5.30. The number of rotatable bonds is 2. The number of carbonyl (C=O) groups excluding carboxylic acids is 1. The minimum Gasteiger partial charge on any atom is -0.493 e. The van der Waals surface area contributed by atoms with Crippen LogP contribution in [0, 0.1) is 0 Å². The second-order valence-electron chi connectivity index (χ2n) is 6.03. The summed E-state index contributed by atoms with van der Waals surface area (Å²) in [4.78, 5) is 14.7. The minimum atomic E-state index is 0.123. The van der Waals surface area contributed by atoms with Gasteiger partial charge in [0.05, 0.1) is 20.3 Å². The Morgan fingerprint density at radius 2 is 1.74 bits per heavy atom. The van der Waals surface area contributed by atoms with Crippen molar-refractivity contribution in [2.45, 2.75) is 18.9 Å². The summed E-state index contributed by atoms with van der Waals surface area (Å²) in [6.07, 6.45) is 1.66. The molecule has 0 saturated heterocycles. The summed E-state index contributed by atoms with van der Waals surface area (Å²) in [5, 5.41) is 0. The maximum Gasteiger partial charge on any atom is 0.254 e. The van der Waals surface area contributed by atoms with Gasteiger partial charge in [-0.05, 0) is 47.7 Å². The molecule has 0 aliphatic carbocycles. The third-order valence-electron chi connectivity index (χ3n) is 4.93. The van der Waals surface area contributed by atoms with Crippen molar-refractivity contribution in [3.8, 4) is 11.5 Å². The van der Waals surface area contributed by atoms with Gasteiger partial charge in [-0.3, -0.25) is 4.79 Å². The van der Waals surface area contributed by atoms with Crippen molar-refractivity contribution in [1.82, 2.24) is 4.90 Å². The molecular weight excluding hydrogens is 290 g/mol. The number of fused-ring (bicyclic) bond motifs is 4. The van der Waals surface area contributed by atoms with Crippen LogP contribution in [0.1, 0.15) is 33.1 Å². The minimum absolute atomic E-state index is 0.123. The molecule has 1 unspecified atom stereocenters. The Kier molecular flexibility index (Phi) is 3.26. The third-order valence-corrected chi connectivity index (χ3v) is 4.93. The van der Waals surface area contributed by atoms with Gasteiger partial charge in [-0.2, -0.15) is 0 Å². The number of carbonyl (C=O) groups is 1. The largest absolute Gasteiger partial charge is 0.493 e. The first kappa shape index (κ1) is 14.1. The molecule has 2 heterocycles. The van der Waals surface area contributed by atoms with Crippen LogP contribution >= 0.6 is 0 Å². The molecule has 0 N–H and O–H groups in total. The van der Waals surface area contributed by atoms with Crippen molar-refractivity contribution >= 4 is 5.91 Å². The average molecular weight is 309 g/mol. The third kappa shape index (κ3) is 2.09. The summed E-state index contributed by atoms with van der Waals surface area (Å²) < 4.78 is 10.8. The van der Waals surface area contributed by atoms with Crippen LogP contribution in [0.5, 0.6) is 11.5 Å². The number of ether oxygens (including phenoxy) is 2. The van der Waals surface area contributed by atoms with Crippen LogP contribution in [-0.4, -0.2) is 31.6 Å². The summed E-state index contributed by atoms with van der Waals surface area (Å²) in [5.41, 5.74) is 4.46. The van der Waals surface area contributed by atoms with Gasteiger partial charge in [0.2, 0.25) is 0 Å². The fourth-order valence-electron chi connectivity index (χ4n) is 3.76. The summed E-state index contributed by atoms with van der Waals surface area (Å²) in [5.74, 6) is 1.65. The SMILES string of the molecule is COc1cc2c(cc1OC)CC1c3ccccc3C(=O)N1CC2. The Labute approximate surface area is 135 Å². The molecule has 118 valence electrons. The van der Waals surface area contributed by atoms with Gasteiger partial charge >= 0.3 is 0 Å². The molecule has 23 heavy (non-hydrogen) atoms. The van der Waals surface area contributed by atoms with Gasteiger partial charge in [0, 0.05) is 12.1 Å². The van der Waals surface area contributed by atoms with Gasteiger partial charge in [0.25, 0.3) is 5.91 Å². The van der Waals surface area contributed by atoms with E-state index >= 15 is 0 Å². The topological polar surface area (TPSA) is 38.8 Å². The number of methoxy groups -OCH3 is 2. The van der Waals surface area contributed by atoms with Crippen molar-refractivity contribution < 1.29 is 14.3 Å². The highest BCUT2D eigenvalue weighted by Crippen LogP contribution is 2.41. The van der Waals surface area contributed by atoms with Crippen LogP contribution in [0.15, 0.2) is 36.4 Å². The van der Waals surface area contributed by atoms with Crippen LogP contribution in [0.3, 0.4) is 0 Å². The van der Waals surface area contributed by atoms with E-state index in [9.17, 15) is 4.79 Å². The fraction of sp³-hybridized carbons (Fsp3) is 0.316. The van der Waals surface area contributed by atoms with E-state index in [1.54, 1.807) is 14.2 Å². The number of benzene rings is 2. The quantitative estimate of drug-likeness (QED) is 0.856. The van der Waals surface area contributed by atoms with Crippen LogP contribution in [0.2, 0.25) is 0 Å². The molecule has 2 aliphatic rings. The Morgan fingerprint density at radius 1 is 1.04 bits per heavy atom. The molecule has 4 nitrogen and oxygen atoms in total. The lowest BCUT2D eigenvalue weighted by molar-refractivity contribution is 0.0733. The number of nitrogens with zero attached hydrogens (tertiary/aromatic N) is 1. The highest BCUT2D eigenvalue weighted by molar-refractivity contribution is 5.99. The van der Waals surface area contributed by atoms with Crippen LogP contribution in [0.25, 0.3) is 0 Å². The lowest BCUT2D eigenvalue weighted by Gasteiger charge is -2.22. The van der Waals surface area contributed by atoms with E-state index in [1.807, 2.05) is 29.2 Å². The van der Waals surface area contributed by atoms with Gasteiger partial charge in [-0.25, -0.2) is 0 Å². The van der Waals surface area contributed by atoms with Crippen LogP contribution in [-0.2, 0) is 12.8 Å². The maximum absolute atomic E-state index is 12.7. The predicted molar refractivity (Wildman–Crippen MR) is 87.2 cm³/mol. The summed E-state index contributed by atoms with van der Waals surface area (Å²) in [6.45, 7) is 0.737. The summed E-state index contributed by atoms with van der Waals surface area (Å²) in [6, 6.07) is 12.2. The van der Waals surface area contributed by atoms with Crippen molar-refractivity contribution in [3.05, 3.63) is 58.7 Å². The van der Waals surface area contributed by atoms with E-state index in [4.69, 9.17) is 9.47 Å². The number of hydrogen-bond acceptors (Lipinski definition) is 3. The van der Waals surface area contributed by atoms with Crippen LogP contribution < -0.4 is 9.47 Å². The van der Waals surface area contributed by atoms with Gasteiger partial charge in [0.1, 0.15) is 0 Å². The molecule has 0 fully saturated rings. The van der Waals surface area contributed by atoms with Crippen molar-refractivity contribution in [3.63, 3.8) is 0 Å². The Hall–Kier alpha value is -2.49. The Balaban J connectivity index is 1.79. The lowest BCUT2D eigenvalue weighted by atomic mass is 9.95. The molecule has 0 radical (unpaired) electrons. The first-order valence-electron chi connectivity index (χ1n) is 7.86. The van der Waals surface area contributed by atoms with Crippen molar-refractivity contribution in [2.75, 3.05) is 20.8 Å². The normalized spacial score (nSPS) is 18.8. The number of hydrogen-bond donors (Lipinski definition) is 0. The molecule has 2 aromatic rings. The Morgan fingerprint density at radius 3 is 2.48 bits per heavy atom. The zero-order valence-corrected chi connectivity index (χ0v) is 13.3. The van der Waals surface area contributed by atoms with E-state index < -0.39 is 0 Å². The molecule has 0 saturated carbocycles. The standard InChI is InChI=1S/C19H19NO3/c1-22-17-10-12-7-8-20-16(9-13(12)11-18(17)23-2)14-5-3-4-6-15(14)19(20)21/h3-6,10-11,16H,7-9H2,1-2H3. The van der Waals surface area contributed by atoms with Crippen LogP contribution in [0.4, 0.5) is 0 Å². The fourth-order valence-corrected chi connectivity index (χ4v) is 3.76. The highest BCUT2D eigenvalue weighted by Gasteiger charge is 2.38. The van der Waals surface area contributed by atoms with Crippen molar-refractivity contribution in [2.24, 2.45) is 0 Å². The first-order chi connectivity index (χ1) is 11.2. The number of amides is 1. The van der Waals surface area contributed by atoms with Gasteiger partial charge in [-0.1, -0.05) is 18.2 Å². The summed E-state index contributed by atoms with van der Waals surface area (Å²) >= 11 is 0. The Bertz CT molecular complexity index is 784. The van der Waals surface area contributed by atoms with Gasteiger partial charge in [0.15, 0.2) is 11.5 Å².